The molecule has 0 saturated heterocycles. The summed E-state index contributed by atoms with van der Waals surface area (Å²) in [5, 5.41) is 0. The molecule has 1 aromatic rings. The molecule has 0 radical (unpaired) electrons. The van der Waals surface area contributed by atoms with E-state index in [-0.39, 0.29) is 0 Å². The van der Waals surface area contributed by atoms with Gasteiger partial charge in [0.25, 0.3) is 5.91 Å². The summed E-state index contributed by atoms with van der Waals surface area (Å²) in [6, 6.07) is 8.52. The molecule has 0 spiro atoms. The number of carbonyl (C=O) groups is 2. The molecule has 19 heavy (non-hydrogen) atoms. The molecule has 0 saturated carbocycles. The summed E-state index contributed by atoms with van der Waals surface area (Å²) in [5.41, 5.74) is 0.396. The van der Waals surface area contributed by atoms with Gasteiger partial charge in [-0.1, -0.05) is 30.3 Å². The van der Waals surface area contributed by atoms with Crippen molar-refractivity contribution in [3.05, 3.63) is 35.9 Å². The summed E-state index contributed by atoms with van der Waals surface area (Å²) in [7, 11) is 3.11. The molecule has 0 aliphatic rings. The molecular formula is C14H19NO4. The topological polar surface area (TPSA) is 55.8 Å². The number of methoxy groups -OCH3 is 2. The Bertz CT molecular complexity index is 397. The molecule has 1 rings (SSSR count). The van der Waals surface area contributed by atoms with E-state index in [9.17, 15) is 9.59 Å². The molecule has 0 aromatic heterocycles. The first-order chi connectivity index (χ1) is 9.20. The molecule has 5 heteroatoms. The van der Waals surface area contributed by atoms with E-state index in [4.69, 9.17) is 9.47 Å². The molecule has 0 fully saturated rings. The summed E-state index contributed by atoms with van der Waals surface area (Å²) in [5.74, 6) is -1.03. The van der Waals surface area contributed by atoms with E-state index in [0.717, 1.165) is 0 Å². The van der Waals surface area contributed by atoms with Gasteiger partial charge in [-0.05, 0) is 0 Å². The zero-order valence-electron chi connectivity index (χ0n) is 11.3. The van der Waals surface area contributed by atoms with Crippen LogP contribution in [0.2, 0.25) is 0 Å². The number of rotatable bonds is 8. The lowest BCUT2D eigenvalue weighted by molar-refractivity contribution is -0.127. The second-order valence-corrected chi connectivity index (χ2v) is 3.97. The summed E-state index contributed by atoms with van der Waals surface area (Å²) < 4.78 is 9.88. The highest BCUT2D eigenvalue weighted by atomic mass is 16.5. The zero-order chi connectivity index (χ0) is 14.1. The highest BCUT2D eigenvalue weighted by Crippen LogP contribution is 2.03. The Hall–Kier alpha value is -1.72. The molecule has 0 heterocycles. The van der Waals surface area contributed by atoms with Gasteiger partial charge in [-0.15, -0.1) is 0 Å². The van der Waals surface area contributed by atoms with E-state index in [2.05, 4.69) is 0 Å². The Morgan fingerprint density at radius 1 is 1.00 bits per heavy atom. The van der Waals surface area contributed by atoms with Crippen LogP contribution >= 0.6 is 0 Å². The Labute approximate surface area is 113 Å². The fourth-order valence-corrected chi connectivity index (χ4v) is 1.57. The highest BCUT2D eigenvalue weighted by molar-refractivity contribution is 6.42. The predicted molar refractivity (Wildman–Crippen MR) is 71.1 cm³/mol. The van der Waals surface area contributed by atoms with Crippen LogP contribution in [0.1, 0.15) is 10.4 Å². The number of ether oxygens (including phenoxy) is 2. The zero-order valence-corrected chi connectivity index (χ0v) is 11.3. The molecule has 0 bridgehead atoms. The van der Waals surface area contributed by atoms with Crippen molar-refractivity contribution in [1.82, 2.24) is 4.90 Å². The van der Waals surface area contributed by atoms with Gasteiger partial charge in [0, 0.05) is 32.9 Å². The first-order valence-corrected chi connectivity index (χ1v) is 6.07. The molecule has 0 aliphatic carbocycles. The highest BCUT2D eigenvalue weighted by Gasteiger charge is 2.22. The minimum Gasteiger partial charge on any atom is -0.383 e. The van der Waals surface area contributed by atoms with Crippen molar-refractivity contribution in [2.45, 2.75) is 0 Å². The van der Waals surface area contributed by atoms with Crippen LogP contribution in [0.15, 0.2) is 30.3 Å². The van der Waals surface area contributed by atoms with Crippen LogP contribution in [0.4, 0.5) is 0 Å². The van der Waals surface area contributed by atoms with Gasteiger partial charge in [0.2, 0.25) is 5.78 Å². The summed E-state index contributed by atoms with van der Waals surface area (Å²) in [6.45, 7) is 1.52. The minimum absolute atomic E-state index is 0.372. The van der Waals surface area contributed by atoms with Crippen LogP contribution < -0.4 is 0 Å². The van der Waals surface area contributed by atoms with Crippen LogP contribution in [0.3, 0.4) is 0 Å². The van der Waals surface area contributed by atoms with Crippen molar-refractivity contribution in [1.29, 1.82) is 0 Å². The van der Waals surface area contributed by atoms with Gasteiger partial charge >= 0.3 is 0 Å². The van der Waals surface area contributed by atoms with Gasteiger partial charge < -0.3 is 14.4 Å². The Morgan fingerprint density at radius 2 is 1.53 bits per heavy atom. The average molecular weight is 265 g/mol. The molecule has 0 atom stereocenters. The van der Waals surface area contributed by atoms with Gasteiger partial charge in [0.1, 0.15) is 0 Å². The van der Waals surface area contributed by atoms with Gasteiger partial charge in [-0.2, -0.15) is 0 Å². The Morgan fingerprint density at radius 3 is 2.00 bits per heavy atom. The number of carbonyl (C=O) groups excluding carboxylic acids is 2. The monoisotopic (exact) mass is 265 g/mol. The fourth-order valence-electron chi connectivity index (χ4n) is 1.57. The van der Waals surface area contributed by atoms with Crippen molar-refractivity contribution >= 4 is 11.7 Å². The smallest absolute Gasteiger partial charge is 0.295 e. The van der Waals surface area contributed by atoms with Gasteiger partial charge in [0.05, 0.1) is 13.2 Å². The lowest BCUT2D eigenvalue weighted by Crippen LogP contribution is -2.40. The maximum atomic E-state index is 12.1. The van der Waals surface area contributed by atoms with Crippen LogP contribution in [0, 0.1) is 0 Å². The van der Waals surface area contributed by atoms with Gasteiger partial charge in [-0.3, -0.25) is 9.59 Å². The Balaban J connectivity index is 2.71. The second kappa shape index (κ2) is 8.39. The summed E-state index contributed by atoms with van der Waals surface area (Å²) >= 11 is 0. The third kappa shape index (κ3) is 4.81. The molecule has 5 nitrogen and oxygen atoms in total. The van der Waals surface area contributed by atoms with Crippen LogP contribution in [-0.2, 0) is 14.3 Å². The number of amides is 1. The summed E-state index contributed by atoms with van der Waals surface area (Å²) in [4.78, 5) is 25.6. The van der Waals surface area contributed by atoms with Crippen molar-refractivity contribution in [2.24, 2.45) is 0 Å². The molecule has 104 valence electrons. The number of benzene rings is 1. The first-order valence-electron chi connectivity index (χ1n) is 6.07. The predicted octanol–water partition coefficient (Wildman–Crippen LogP) is 0.991. The Kier molecular flexibility index (Phi) is 6.78. The molecule has 0 unspecified atom stereocenters. The van der Waals surface area contributed by atoms with Gasteiger partial charge in [-0.25, -0.2) is 0 Å². The van der Waals surface area contributed by atoms with Crippen molar-refractivity contribution in [3.8, 4) is 0 Å². The quantitative estimate of drug-likeness (QED) is 0.519. The first kappa shape index (κ1) is 15.3. The molecule has 0 N–H and O–H groups in total. The van der Waals surface area contributed by atoms with E-state index in [1.54, 1.807) is 44.6 Å². The van der Waals surface area contributed by atoms with E-state index in [1.807, 2.05) is 0 Å². The lowest BCUT2D eigenvalue weighted by atomic mass is 10.1. The van der Waals surface area contributed by atoms with Gasteiger partial charge in [0.15, 0.2) is 0 Å². The summed E-state index contributed by atoms with van der Waals surface area (Å²) in [6.07, 6.45) is 0. The molecular weight excluding hydrogens is 246 g/mol. The van der Waals surface area contributed by atoms with E-state index < -0.39 is 11.7 Å². The van der Waals surface area contributed by atoms with Crippen molar-refractivity contribution in [2.75, 3.05) is 40.5 Å². The van der Waals surface area contributed by atoms with Crippen LogP contribution in [-0.4, -0.2) is 57.1 Å². The third-order valence-electron chi connectivity index (χ3n) is 2.65. The molecule has 0 aliphatic heterocycles. The fraction of sp³-hybridized carbons (Fsp3) is 0.429. The largest absolute Gasteiger partial charge is 0.383 e. The minimum atomic E-state index is -0.527. The van der Waals surface area contributed by atoms with Crippen molar-refractivity contribution < 1.29 is 19.1 Å². The molecule has 1 aromatic carbocycles. The molecule has 1 amide bonds. The SMILES string of the molecule is COCCN(CCOC)C(=O)C(=O)c1ccccc1. The van der Waals surface area contributed by atoms with Crippen LogP contribution in [0.5, 0.6) is 0 Å². The number of hydrogen-bond acceptors (Lipinski definition) is 4. The number of hydrogen-bond donors (Lipinski definition) is 0. The van der Waals surface area contributed by atoms with E-state index in [1.165, 1.54) is 4.90 Å². The third-order valence-corrected chi connectivity index (χ3v) is 2.65. The van der Waals surface area contributed by atoms with Crippen molar-refractivity contribution in [3.63, 3.8) is 0 Å². The van der Waals surface area contributed by atoms with Crippen LogP contribution in [0.25, 0.3) is 0 Å². The normalized spacial score (nSPS) is 10.2. The average Bonchev–Trinajstić information content (AvgIpc) is 2.47. The van der Waals surface area contributed by atoms with E-state index in [0.29, 0.717) is 31.9 Å². The number of Topliss-reactive ketones (excluding diaryl/α,β-unsaturated/α-hetero) is 1. The number of ketones is 1. The lowest BCUT2D eigenvalue weighted by Gasteiger charge is -2.21. The van der Waals surface area contributed by atoms with E-state index >= 15 is 0 Å². The maximum absolute atomic E-state index is 12.1. The standard InChI is InChI=1S/C14H19NO4/c1-18-10-8-15(9-11-19-2)14(17)13(16)12-6-4-3-5-7-12/h3-7H,8-11H2,1-2H3. The number of nitrogens with zero attached hydrogens (tertiary/aromatic N) is 1. The second-order valence-electron chi connectivity index (χ2n) is 3.97. The maximum Gasteiger partial charge on any atom is 0.295 e.